The van der Waals surface area contributed by atoms with E-state index in [1.807, 2.05) is 7.05 Å². The van der Waals surface area contributed by atoms with Crippen molar-refractivity contribution in [2.45, 2.75) is 31.7 Å². The predicted octanol–water partition coefficient (Wildman–Crippen LogP) is 1.95. The second-order valence-corrected chi connectivity index (χ2v) is 4.54. The Labute approximate surface area is 106 Å². The van der Waals surface area contributed by atoms with Crippen LogP contribution in [0.3, 0.4) is 0 Å². The van der Waals surface area contributed by atoms with Crippen molar-refractivity contribution in [3.05, 3.63) is 24.0 Å². The van der Waals surface area contributed by atoms with Crippen molar-refractivity contribution in [1.29, 1.82) is 0 Å². The molecular weight excluding hydrogens is 230 g/mol. The van der Waals surface area contributed by atoms with Gasteiger partial charge in [-0.25, -0.2) is 14.8 Å². The fourth-order valence-electron chi connectivity index (χ4n) is 2.22. The van der Waals surface area contributed by atoms with E-state index in [-0.39, 0.29) is 0 Å². The normalized spacial score (nSPS) is 16.3. The molecule has 0 aliphatic heterocycles. The third-order valence-corrected chi connectivity index (χ3v) is 3.26. The van der Waals surface area contributed by atoms with Crippen molar-refractivity contribution in [3.8, 4) is 0 Å². The predicted molar refractivity (Wildman–Crippen MR) is 69.4 cm³/mol. The molecule has 1 saturated carbocycles. The van der Waals surface area contributed by atoms with Gasteiger partial charge in [0.2, 0.25) is 5.95 Å². The summed E-state index contributed by atoms with van der Waals surface area (Å²) in [4.78, 5) is 21.0. The lowest BCUT2D eigenvalue weighted by atomic mass is 10.2. The Bertz CT molecular complexity index is 436. The summed E-state index contributed by atoms with van der Waals surface area (Å²) in [5.74, 6) is -0.267. The highest BCUT2D eigenvalue weighted by Gasteiger charge is 2.21. The Morgan fingerprint density at radius 1 is 1.39 bits per heavy atom. The van der Waals surface area contributed by atoms with Crippen LogP contribution in [0.25, 0.3) is 6.08 Å². The van der Waals surface area contributed by atoms with Crippen LogP contribution in [-0.4, -0.2) is 34.1 Å². The molecule has 5 nitrogen and oxygen atoms in total. The van der Waals surface area contributed by atoms with E-state index in [4.69, 9.17) is 5.11 Å². The number of hydrogen-bond acceptors (Lipinski definition) is 4. The first-order valence-electron chi connectivity index (χ1n) is 6.12. The zero-order valence-corrected chi connectivity index (χ0v) is 10.4. The average Bonchev–Trinajstić information content (AvgIpc) is 2.90. The number of carbonyl (C=O) groups is 1. The fourth-order valence-corrected chi connectivity index (χ4v) is 2.22. The molecule has 18 heavy (non-hydrogen) atoms. The van der Waals surface area contributed by atoms with Crippen LogP contribution >= 0.6 is 0 Å². The molecule has 1 aliphatic carbocycles. The number of carboxylic acid groups (broad SMARTS) is 1. The van der Waals surface area contributed by atoms with Crippen LogP contribution in [0.15, 0.2) is 18.5 Å². The molecule has 0 bridgehead atoms. The van der Waals surface area contributed by atoms with E-state index < -0.39 is 5.97 Å². The largest absolute Gasteiger partial charge is 0.478 e. The SMILES string of the molecule is CN(c1ncc(/C=C/C(=O)O)cn1)C1CCCC1. The molecule has 0 atom stereocenters. The molecule has 0 spiro atoms. The van der Waals surface area contributed by atoms with Crippen LogP contribution in [-0.2, 0) is 4.79 Å². The molecule has 1 aliphatic rings. The summed E-state index contributed by atoms with van der Waals surface area (Å²) in [5, 5.41) is 8.53. The maximum absolute atomic E-state index is 10.4. The lowest BCUT2D eigenvalue weighted by Crippen LogP contribution is -2.30. The van der Waals surface area contributed by atoms with Crippen molar-refractivity contribution >= 4 is 18.0 Å². The average molecular weight is 247 g/mol. The molecule has 1 aromatic heterocycles. The Kier molecular flexibility index (Phi) is 3.92. The third-order valence-electron chi connectivity index (χ3n) is 3.26. The van der Waals surface area contributed by atoms with Gasteiger partial charge in [-0.3, -0.25) is 0 Å². The van der Waals surface area contributed by atoms with E-state index in [1.165, 1.54) is 31.8 Å². The van der Waals surface area contributed by atoms with E-state index in [1.54, 1.807) is 12.4 Å². The van der Waals surface area contributed by atoms with Gasteiger partial charge in [0.05, 0.1) is 0 Å². The van der Waals surface area contributed by atoms with Gasteiger partial charge in [-0.15, -0.1) is 0 Å². The summed E-state index contributed by atoms with van der Waals surface area (Å²) >= 11 is 0. The van der Waals surface area contributed by atoms with Gasteiger partial charge >= 0.3 is 5.97 Å². The lowest BCUT2D eigenvalue weighted by Gasteiger charge is -2.23. The van der Waals surface area contributed by atoms with Crippen LogP contribution in [0.2, 0.25) is 0 Å². The van der Waals surface area contributed by atoms with Crippen molar-refractivity contribution in [1.82, 2.24) is 9.97 Å². The van der Waals surface area contributed by atoms with Crippen molar-refractivity contribution < 1.29 is 9.90 Å². The number of anilines is 1. The molecule has 0 saturated heterocycles. The van der Waals surface area contributed by atoms with E-state index >= 15 is 0 Å². The summed E-state index contributed by atoms with van der Waals surface area (Å²) in [6, 6.07) is 0.533. The highest BCUT2D eigenvalue weighted by molar-refractivity contribution is 5.85. The van der Waals surface area contributed by atoms with Gasteiger partial charge < -0.3 is 10.0 Å². The fraction of sp³-hybridized carbons (Fsp3) is 0.462. The van der Waals surface area contributed by atoms with Gasteiger partial charge in [0.25, 0.3) is 0 Å². The van der Waals surface area contributed by atoms with E-state index in [9.17, 15) is 4.79 Å². The first kappa shape index (κ1) is 12.5. The Hall–Kier alpha value is -1.91. The zero-order valence-electron chi connectivity index (χ0n) is 10.4. The summed E-state index contributed by atoms with van der Waals surface area (Å²) in [6.07, 6.45) is 10.8. The van der Waals surface area contributed by atoms with Crippen LogP contribution in [0.1, 0.15) is 31.2 Å². The Balaban J connectivity index is 2.04. The van der Waals surface area contributed by atoms with Gasteiger partial charge in [0, 0.05) is 37.1 Å². The van der Waals surface area contributed by atoms with Crippen molar-refractivity contribution in [2.24, 2.45) is 0 Å². The molecule has 2 rings (SSSR count). The molecule has 0 radical (unpaired) electrons. The van der Waals surface area contributed by atoms with E-state index in [2.05, 4.69) is 14.9 Å². The second-order valence-electron chi connectivity index (χ2n) is 4.54. The lowest BCUT2D eigenvalue weighted by molar-refractivity contribution is -0.131. The maximum atomic E-state index is 10.4. The number of aromatic nitrogens is 2. The molecule has 5 heteroatoms. The third kappa shape index (κ3) is 3.06. The second kappa shape index (κ2) is 5.62. The van der Waals surface area contributed by atoms with Gasteiger partial charge in [-0.2, -0.15) is 0 Å². The van der Waals surface area contributed by atoms with Crippen LogP contribution in [0, 0.1) is 0 Å². The Morgan fingerprint density at radius 3 is 2.56 bits per heavy atom. The van der Waals surface area contributed by atoms with Gasteiger partial charge in [0.15, 0.2) is 0 Å². The van der Waals surface area contributed by atoms with Gasteiger partial charge in [-0.1, -0.05) is 12.8 Å². The topological polar surface area (TPSA) is 66.3 Å². The van der Waals surface area contributed by atoms with Gasteiger partial charge in [0.1, 0.15) is 0 Å². The summed E-state index contributed by atoms with van der Waals surface area (Å²) in [5.41, 5.74) is 0.695. The number of hydrogen-bond donors (Lipinski definition) is 1. The quantitative estimate of drug-likeness (QED) is 0.824. The van der Waals surface area contributed by atoms with Crippen molar-refractivity contribution in [2.75, 3.05) is 11.9 Å². The zero-order chi connectivity index (χ0) is 13.0. The standard InChI is InChI=1S/C13H17N3O2/c1-16(11-4-2-3-5-11)13-14-8-10(9-15-13)6-7-12(17)18/h6-9,11H,2-5H2,1H3,(H,17,18)/b7-6+. The maximum Gasteiger partial charge on any atom is 0.328 e. The molecule has 96 valence electrons. The molecule has 1 N–H and O–H groups in total. The molecule has 1 heterocycles. The number of carboxylic acids is 1. The Morgan fingerprint density at radius 2 is 2.00 bits per heavy atom. The van der Waals surface area contributed by atoms with Crippen LogP contribution < -0.4 is 4.90 Å². The van der Waals surface area contributed by atoms with Gasteiger partial charge in [-0.05, 0) is 18.9 Å². The van der Waals surface area contributed by atoms with Crippen LogP contribution in [0.5, 0.6) is 0 Å². The first-order chi connectivity index (χ1) is 8.66. The molecule has 1 aromatic rings. The summed E-state index contributed by atoms with van der Waals surface area (Å²) in [6.45, 7) is 0. The molecule has 1 fully saturated rings. The van der Waals surface area contributed by atoms with Crippen LogP contribution in [0.4, 0.5) is 5.95 Å². The van der Waals surface area contributed by atoms with Crippen molar-refractivity contribution in [3.63, 3.8) is 0 Å². The number of rotatable bonds is 4. The number of aliphatic carboxylic acids is 1. The smallest absolute Gasteiger partial charge is 0.328 e. The summed E-state index contributed by atoms with van der Waals surface area (Å²) in [7, 11) is 2.01. The number of nitrogens with zero attached hydrogens (tertiary/aromatic N) is 3. The highest BCUT2D eigenvalue weighted by atomic mass is 16.4. The monoisotopic (exact) mass is 247 g/mol. The minimum Gasteiger partial charge on any atom is -0.478 e. The van der Waals surface area contributed by atoms with E-state index in [0.717, 1.165) is 6.08 Å². The molecule has 0 amide bonds. The minimum atomic E-state index is -0.970. The minimum absolute atomic E-state index is 0.533. The van der Waals surface area contributed by atoms with E-state index in [0.29, 0.717) is 17.6 Å². The molecule has 0 aromatic carbocycles. The first-order valence-corrected chi connectivity index (χ1v) is 6.12. The molecular formula is C13H17N3O2. The molecule has 0 unspecified atom stereocenters. The highest BCUT2D eigenvalue weighted by Crippen LogP contribution is 2.24. The summed E-state index contributed by atoms with van der Waals surface area (Å²) < 4.78 is 0.